The first-order valence-electron chi connectivity index (χ1n) is 8.04. The summed E-state index contributed by atoms with van der Waals surface area (Å²) in [6.07, 6.45) is 3.17. The number of nitrogens with one attached hydrogen (secondary N) is 2. The molecule has 1 aromatic carbocycles. The molecule has 1 spiro atoms. The van der Waals surface area contributed by atoms with E-state index in [1.807, 2.05) is 6.92 Å². The Balaban J connectivity index is 1.52. The Morgan fingerprint density at radius 3 is 2.91 bits per heavy atom. The second-order valence-corrected chi connectivity index (χ2v) is 6.28. The number of halogens is 1. The highest BCUT2D eigenvalue weighted by Gasteiger charge is 2.57. The van der Waals surface area contributed by atoms with E-state index in [2.05, 4.69) is 10.6 Å². The van der Waals surface area contributed by atoms with Crippen molar-refractivity contribution in [3.05, 3.63) is 29.6 Å². The number of hydrogen-bond acceptors (Lipinski definition) is 3. The maximum atomic E-state index is 13.8. The summed E-state index contributed by atoms with van der Waals surface area (Å²) in [5.74, 6) is 0.126. The van der Waals surface area contributed by atoms with E-state index in [9.17, 15) is 9.18 Å². The van der Waals surface area contributed by atoms with Gasteiger partial charge in [0.15, 0.2) is 11.6 Å². The minimum atomic E-state index is -0.380. The molecule has 1 amide bonds. The zero-order valence-electron chi connectivity index (χ0n) is 13.0. The molecule has 120 valence electrons. The van der Waals surface area contributed by atoms with Crippen molar-refractivity contribution in [2.45, 2.75) is 32.7 Å². The van der Waals surface area contributed by atoms with Crippen molar-refractivity contribution >= 4 is 5.91 Å². The molecule has 1 saturated heterocycles. The highest BCUT2D eigenvalue weighted by molar-refractivity contribution is 5.82. The fourth-order valence-corrected chi connectivity index (χ4v) is 3.43. The fraction of sp³-hybridized carbons (Fsp3) is 0.588. The maximum Gasteiger partial charge on any atom is 0.223 e. The third-order valence-corrected chi connectivity index (χ3v) is 4.87. The van der Waals surface area contributed by atoms with Gasteiger partial charge in [0.05, 0.1) is 6.61 Å². The van der Waals surface area contributed by atoms with E-state index in [0.29, 0.717) is 13.2 Å². The van der Waals surface area contributed by atoms with Crippen LogP contribution in [0.2, 0.25) is 0 Å². The van der Waals surface area contributed by atoms with Gasteiger partial charge in [-0.2, -0.15) is 0 Å². The molecular formula is C17H23FN2O2. The number of piperidine rings is 1. The Labute approximate surface area is 130 Å². The van der Waals surface area contributed by atoms with E-state index < -0.39 is 0 Å². The fourth-order valence-electron chi connectivity index (χ4n) is 3.43. The lowest BCUT2D eigenvalue weighted by atomic mass is 9.92. The van der Waals surface area contributed by atoms with Gasteiger partial charge < -0.3 is 15.4 Å². The summed E-state index contributed by atoms with van der Waals surface area (Å²) in [6, 6.07) is 4.84. The lowest BCUT2D eigenvalue weighted by Crippen LogP contribution is -2.33. The van der Waals surface area contributed by atoms with E-state index >= 15 is 0 Å². The quantitative estimate of drug-likeness (QED) is 0.877. The summed E-state index contributed by atoms with van der Waals surface area (Å²) in [6.45, 7) is 4.64. The van der Waals surface area contributed by atoms with Crippen LogP contribution in [0.4, 0.5) is 4.39 Å². The third-order valence-electron chi connectivity index (χ3n) is 4.87. The van der Waals surface area contributed by atoms with E-state index in [0.717, 1.165) is 37.9 Å². The van der Waals surface area contributed by atoms with Crippen LogP contribution in [-0.2, 0) is 11.3 Å². The largest absolute Gasteiger partial charge is 0.491 e. The Bertz CT molecular complexity index is 556. The summed E-state index contributed by atoms with van der Waals surface area (Å²) in [4.78, 5) is 12.3. The van der Waals surface area contributed by atoms with E-state index in [-0.39, 0.29) is 28.8 Å². The molecule has 1 atom stereocenters. The molecule has 2 fully saturated rings. The molecule has 1 aromatic rings. The number of ether oxygens (including phenoxy) is 1. The number of rotatable bonds is 5. The number of carbonyl (C=O) groups is 1. The van der Waals surface area contributed by atoms with Gasteiger partial charge in [-0.25, -0.2) is 4.39 Å². The Kier molecular flexibility index (Phi) is 4.34. The van der Waals surface area contributed by atoms with Crippen molar-refractivity contribution in [2.75, 3.05) is 19.7 Å². The molecule has 1 saturated carbocycles. The van der Waals surface area contributed by atoms with Gasteiger partial charge in [-0.3, -0.25) is 4.79 Å². The second-order valence-electron chi connectivity index (χ2n) is 6.28. The average Bonchev–Trinajstić information content (AvgIpc) is 3.21. The van der Waals surface area contributed by atoms with Gasteiger partial charge in [-0.05, 0) is 62.4 Å². The number of carbonyl (C=O) groups excluding carboxylic acids is 1. The van der Waals surface area contributed by atoms with Gasteiger partial charge in [0.1, 0.15) is 0 Å². The molecule has 5 heteroatoms. The van der Waals surface area contributed by atoms with E-state index in [4.69, 9.17) is 4.74 Å². The monoisotopic (exact) mass is 306 g/mol. The van der Waals surface area contributed by atoms with Crippen LogP contribution in [0.5, 0.6) is 5.75 Å². The van der Waals surface area contributed by atoms with Gasteiger partial charge in [-0.1, -0.05) is 6.07 Å². The van der Waals surface area contributed by atoms with Crippen LogP contribution in [0.15, 0.2) is 18.2 Å². The van der Waals surface area contributed by atoms with Crippen molar-refractivity contribution in [1.29, 1.82) is 0 Å². The molecule has 1 unspecified atom stereocenters. The van der Waals surface area contributed by atoms with Crippen LogP contribution in [0.3, 0.4) is 0 Å². The highest BCUT2D eigenvalue weighted by Crippen LogP contribution is 2.58. The predicted molar refractivity (Wildman–Crippen MR) is 82.1 cm³/mol. The van der Waals surface area contributed by atoms with E-state index in [1.165, 1.54) is 6.07 Å². The van der Waals surface area contributed by atoms with Gasteiger partial charge in [0.25, 0.3) is 0 Å². The molecule has 22 heavy (non-hydrogen) atoms. The van der Waals surface area contributed by atoms with Gasteiger partial charge in [0, 0.05) is 12.5 Å². The average molecular weight is 306 g/mol. The molecule has 1 aliphatic carbocycles. The van der Waals surface area contributed by atoms with Gasteiger partial charge >= 0.3 is 0 Å². The Morgan fingerprint density at radius 1 is 1.45 bits per heavy atom. The first kappa shape index (κ1) is 15.3. The van der Waals surface area contributed by atoms with Crippen LogP contribution in [-0.4, -0.2) is 25.6 Å². The Hall–Kier alpha value is -1.62. The third kappa shape index (κ3) is 3.09. The number of amides is 1. The summed E-state index contributed by atoms with van der Waals surface area (Å²) in [5, 5.41) is 6.28. The molecule has 1 heterocycles. The summed E-state index contributed by atoms with van der Waals surface area (Å²) in [7, 11) is 0. The summed E-state index contributed by atoms with van der Waals surface area (Å²) < 4.78 is 18.9. The number of hydrogen-bond donors (Lipinski definition) is 2. The molecule has 1 aliphatic heterocycles. The molecule has 2 aliphatic rings. The highest BCUT2D eigenvalue weighted by atomic mass is 19.1. The van der Waals surface area contributed by atoms with Crippen LogP contribution in [0.25, 0.3) is 0 Å². The first-order chi connectivity index (χ1) is 10.6. The van der Waals surface area contributed by atoms with Crippen molar-refractivity contribution in [1.82, 2.24) is 10.6 Å². The predicted octanol–water partition coefficient (Wildman–Crippen LogP) is 2.23. The lowest BCUT2D eigenvalue weighted by Gasteiger charge is -2.23. The van der Waals surface area contributed by atoms with Crippen molar-refractivity contribution < 1.29 is 13.9 Å². The van der Waals surface area contributed by atoms with Crippen LogP contribution >= 0.6 is 0 Å². The Morgan fingerprint density at radius 2 is 2.23 bits per heavy atom. The second kappa shape index (κ2) is 6.24. The molecule has 0 aromatic heterocycles. The minimum absolute atomic E-state index is 0.108. The SMILES string of the molecule is CCOc1ccc(CNC(=O)C2CC23CCNCC3)cc1F. The molecule has 0 bridgehead atoms. The van der Waals surface area contributed by atoms with Crippen LogP contribution < -0.4 is 15.4 Å². The van der Waals surface area contributed by atoms with Crippen LogP contribution in [0, 0.1) is 17.2 Å². The van der Waals surface area contributed by atoms with Crippen molar-refractivity contribution in [2.24, 2.45) is 11.3 Å². The summed E-state index contributed by atoms with van der Waals surface area (Å²) >= 11 is 0. The molecule has 4 nitrogen and oxygen atoms in total. The topological polar surface area (TPSA) is 50.4 Å². The lowest BCUT2D eigenvalue weighted by molar-refractivity contribution is -0.123. The molecule has 3 rings (SSSR count). The zero-order valence-corrected chi connectivity index (χ0v) is 13.0. The molecule has 0 radical (unpaired) electrons. The molecular weight excluding hydrogens is 283 g/mol. The normalized spacial score (nSPS) is 22.4. The first-order valence-corrected chi connectivity index (χ1v) is 8.04. The molecule has 2 N–H and O–H groups in total. The van der Waals surface area contributed by atoms with Gasteiger partial charge in [-0.15, -0.1) is 0 Å². The minimum Gasteiger partial charge on any atom is -0.491 e. The standard InChI is InChI=1S/C17H23FN2O2/c1-2-22-15-4-3-12(9-14(15)18)11-20-16(21)13-10-17(13)5-7-19-8-6-17/h3-4,9,13,19H,2,5-8,10-11H2,1H3,(H,20,21). The van der Waals surface area contributed by atoms with Crippen molar-refractivity contribution in [3.8, 4) is 5.75 Å². The maximum absolute atomic E-state index is 13.8. The van der Waals surface area contributed by atoms with Crippen LogP contribution in [0.1, 0.15) is 31.7 Å². The zero-order chi connectivity index (χ0) is 15.6. The van der Waals surface area contributed by atoms with Gasteiger partial charge in [0.2, 0.25) is 5.91 Å². The van der Waals surface area contributed by atoms with E-state index in [1.54, 1.807) is 12.1 Å². The smallest absolute Gasteiger partial charge is 0.223 e. The summed E-state index contributed by atoms with van der Waals surface area (Å²) in [5.41, 5.74) is 0.994. The number of benzene rings is 1. The van der Waals surface area contributed by atoms with Crippen molar-refractivity contribution in [3.63, 3.8) is 0 Å².